The second kappa shape index (κ2) is 10.8. The fraction of sp³-hybridized carbons (Fsp3) is 0.381. The van der Waals surface area contributed by atoms with E-state index in [1.165, 1.54) is 0 Å². The number of urea groups is 1. The fourth-order valence-corrected chi connectivity index (χ4v) is 2.88. The predicted molar refractivity (Wildman–Crippen MR) is 112 cm³/mol. The molecule has 5 nitrogen and oxygen atoms in total. The number of carbonyl (C=O) groups excluding carboxylic acids is 1. The van der Waals surface area contributed by atoms with Crippen LogP contribution in [-0.4, -0.2) is 49.1 Å². The lowest BCUT2D eigenvalue weighted by Crippen LogP contribution is -2.31. The molecule has 27 heavy (non-hydrogen) atoms. The van der Waals surface area contributed by atoms with Gasteiger partial charge in [-0.1, -0.05) is 55.8 Å². The molecule has 0 saturated carbocycles. The van der Waals surface area contributed by atoms with Crippen molar-refractivity contribution < 1.29 is 9.53 Å². The molecule has 2 aromatic rings. The van der Waals surface area contributed by atoms with Gasteiger partial charge in [-0.05, 0) is 36.9 Å². The van der Waals surface area contributed by atoms with Crippen molar-refractivity contribution in [1.82, 2.24) is 9.80 Å². The zero-order valence-electron chi connectivity index (χ0n) is 16.2. The number of likely N-dealkylation sites (N-methyl/N-ethyl adjacent to an activating group) is 1. The molecule has 0 fully saturated rings. The fourth-order valence-electron chi connectivity index (χ4n) is 2.68. The van der Waals surface area contributed by atoms with Crippen LogP contribution in [0, 0.1) is 0 Å². The zero-order chi connectivity index (χ0) is 19.6. The molecule has 0 aliphatic rings. The molecule has 2 amide bonds. The van der Waals surface area contributed by atoms with Gasteiger partial charge in [-0.3, -0.25) is 0 Å². The summed E-state index contributed by atoms with van der Waals surface area (Å²) in [6.45, 7) is 8.09. The van der Waals surface area contributed by atoms with Gasteiger partial charge in [-0.2, -0.15) is 0 Å². The van der Waals surface area contributed by atoms with Gasteiger partial charge in [0.2, 0.25) is 0 Å². The number of ether oxygens (including phenoxy) is 1. The van der Waals surface area contributed by atoms with Gasteiger partial charge in [0.05, 0.1) is 5.69 Å². The predicted octanol–water partition coefficient (Wildman–Crippen LogP) is 4.72. The van der Waals surface area contributed by atoms with Gasteiger partial charge in [0.25, 0.3) is 0 Å². The number of para-hydroxylation sites is 2. The van der Waals surface area contributed by atoms with Crippen LogP contribution in [0.2, 0.25) is 5.02 Å². The molecule has 1 N–H and O–H groups in total. The van der Waals surface area contributed by atoms with Crippen LogP contribution in [0.4, 0.5) is 10.5 Å². The van der Waals surface area contributed by atoms with Gasteiger partial charge in [0, 0.05) is 25.2 Å². The van der Waals surface area contributed by atoms with Gasteiger partial charge in [-0.15, -0.1) is 0 Å². The van der Waals surface area contributed by atoms with Crippen molar-refractivity contribution in [3.63, 3.8) is 0 Å². The number of amides is 2. The first-order valence-corrected chi connectivity index (χ1v) is 9.62. The van der Waals surface area contributed by atoms with Crippen LogP contribution in [-0.2, 0) is 6.54 Å². The molecule has 0 heterocycles. The number of nitrogens with one attached hydrogen (secondary N) is 1. The molecule has 0 aromatic heterocycles. The van der Waals surface area contributed by atoms with Crippen molar-refractivity contribution in [2.45, 2.75) is 20.4 Å². The van der Waals surface area contributed by atoms with Crippen molar-refractivity contribution in [3.05, 3.63) is 59.1 Å². The summed E-state index contributed by atoms with van der Waals surface area (Å²) in [4.78, 5) is 16.4. The van der Waals surface area contributed by atoms with Crippen LogP contribution in [0.5, 0.6) is 5.75 Å². The Morgan fingerprint density at radius 1 is 1.07 bits per heavy atom. The smallest absolute Gasteiger partial charge is 0.321 e. The Hall–Kier alpha value is -2.24. The first kappa shape index (κ1) is 21.1. The van der Waals surface area contributed by atoms with Crippen molar-refractivity contribution in [1.29, 1.82) is 0 Å². The lowest BCUT2D eigenvalue weighted by Gasteiger charge is -2.21. The summed E-state index contributed by atoms with van der Waals surface area (Å²) >= 11 is 6.18. The van der Waals surface area contributed by atoms with Crippen LogP contribution in [0.25, 0.3) is 0 Å². The molecule has 0 saturated heterocycles. The Morgan fingerprint density at radius 2 is 1.74 bits per heavy atom. The normalized spacial score (nSPS) is 10.7. The van der Waals surface area contributed by atoms with Gasteiger partial charge < -0.3 is 19.9 Å². The standard InChI is InChI=1S/C21H28ClN3O2/c1-4-25(5-2)14-15-27-20-13-9-8-12-19(20)23-21(26)24(3)16-17-10-6-7-11-18(17)22/h6-13H,4-5,14-16H2,1-3H3,(H,23,26). The van der Waals surface area contributed by atoms with E-state index in [0.717, 1.165) is 25.2 Å². The summed E-state index contributed by atoms with van der Waals surface area (Å²) in [6, 6.07) is 14.8. The first-order chi connectivity index (χ1) is 13.0. The molecule has 0 atom stereocenters. The monoisotopic (exact) mass is 389 g/mol. The van der Waals surface area contributed by atoms with E-state index in [9.17, 15) is 4.79 Å². The van der Waals surface area contributed by atoms with Crippen molar-refractivity contribution in [2.75, 3.05) is 38.6 Å². The minimum absolute atomic E-state index is 0.213. The maximum absolute atomic E-state index is 12.6. The van der Waals surface area contributed by atoms with Crippen molar-refractivity contribution in [3.8, 4) is 5.75 Å². The van der Waals surface area contributed by atoms with E-state index in [4.69, 9.17) is 16.3 Å². The number of halogens is 1. The largest absolute Gasteiger partial charge is 0.490 e. The number of anilines is 1. The number of carbonyl (C=O) groups is 1. The second-order valence-electron chi connectivity index (χ2n) is 6.25. The van der Waals surface area contributed by atoms with Crippen LogP contribution in [0.3, 0.4) is 0 Å². The molecule has 0 spiro atoms. The van der Waals surface area contributed by atoms with Crippen LogP contribution >= 0.6 is 11.6 Å². The lowest BCUT2D eigenvalue weighted by atomic mass is 10.2. The topological polar surface area (TPSA) is 44.8 Å². The molecule has 0 radical (unpaired) electrons. The third-order valence-electron chi connectivity index (χ3n) is 4.40. The molecule has 6 heteroatoms. The molecule has 0 aliphatic carbocycles. The third-order valence-corrected chi connectivity index (χ3v) is 4.77. The molecular formula is C21H28ClN3O2. The Labute approximate surface area is 166 Å². The summed E-state index contributed by atoms with van der Waals surface area (Å²) < 4.78 is 5.89. The highest BCUT2D eigenvalue weighted by Gasteiger charge is 2.13. The van der Waals surface area contributed by atoms with E-state index in [-0.39, 0.29) is 6.03 Å². The number of benzene rings is 2. The summed E-state index contributed by atoms with van der Waals surface area (Å²) in [7, 11) is 1.74. The number of hydrogen-bond acceptors (Lipinski definition) is 3. The van der Waals surface area contributed by atoms with E-state index in [1.54, 1.807) is 11.9 Å². The van der Waals surface area contributed by atoms with E-state index in [1.807, 2.05) is 48.5 Å². The highest BCUT2D eigenvalue weighted by molar-refractivity contribution is 6.31. The number of nitrogens with zero attached hydrogens (tertiary/aromatic N) is 2. The summed E-state index contributed by atoms with van der Waals surface area (Å²) in [5.41, 5.74) is 1.56. The van der Waals surface area contributed by atoms with Gasteiger partial charge in [-0.25, -0.2) is 4.79 Å². The highest BCUT2D eigenvalue weighted by atomic mass is 35.5. The quantitative estimate of drug-likeness (QED) is 0.674. The molecule has 2 aromatic carbocycles. The van der Waals surface area contributed by atoms with Crippen LogP contribution in [0.1, 0.15) is 19.4 Å². The summed E-state index contributed by atoms with van der Waals surface area (Å²) in [5, 5.41) is 3.57. The first-order valence-electron chi connectivity index (χ1n) is 9.24. The maximum Gasteiger partial charge on any atom is 0.321 e. The molecule has 146 valence electrons. The Morgan fingerprint density at radius 3 is 2.44 bits per heavy atom. The summed E-state index contributed by atoms with van der Waals surface area (Å²) in [6.07, 6.45) is 0. The molecule has 0 bridgehead atoms. The van der Waals surface area contributed by atoms with Crippen molar-refractivity contribution >= 4 is 23.3 Å². The minimum atomic E-state index is -0.213. The Balaban J connectivity index is 1.96. The van der Waals surface area contributed by atoms with Crippen LogP contribution in [0.15, 0.2) is 48.5 Å². The Kier molecular flexibility index (Phi) is 8.43. The average Bonchev–Trinajstić information content (AvgIpc) is 2.68. The highest BCUT2D eigenvalue weighted by Crippen LogP contribution is 2.24. The number of rotatable bonds is 9. The SMILES string of the molecule is CCN(CC)CCOc1ccccc1NC(=O)N(C)Cc1ccccc1Cl. The minimum Gasteiger partial charge on any atom is -0.490 e. The van der Waals surface area contributed by atoms with E-state index in [0.29, 0.717) is 29.6 Å². The third kappa shape index (κ3) is 6.45. The van der Waals surface area contributed by atoms with Gasteiger partial charge >= 0.3 is 6.03 Å². The van der Waals surface area contributed by atoms with Gasteiger partial charge in [0.15, 0.2) is 0 Å². The van der Waals surface area contributed by atoms with E-state index in [2.05, 4.69) is 24.1 Å². The second-order valence-corrected chi connectivity index (χ2v) is 6.66. The molecule has 0 aliphatic heterocycles. The molecular weight excluding hydrogens is 362 g/mol. The van der Waals surface area contributed by atoms with E-state index < -0.39 is 0 Å². The zero-order valence-corrected chi connectivity index (χ0v) is 17.0. The number of hydrogen-bond donors (Lipinski definition) is 1. The van der Waals surface area contributed by atoms with Crippen molar-refractivity contribution in [2.24, 2.45) is 0 Å². The lowest BCUT2D eigenvalue weighted by molar-refractivity contribution is 0.218. The van der Waals surface area contributed by atoms with Gasteiger partial charge in [0.1, 0.15) is 12.4 Å². The van der Waals surface area contributed by atoms with Crippen LogP contribution < -0.4 is 10.1 Å². The van der Waals surface area contributed by atoms with E-state index >= 15 is 0 Å². The maximum atomic E-state index is 12.6. The molecule has 0 unspecified atom stereocenters. The average molecular weight is 390 g/mol. The Bertz CT molecular complexity index is 735. The summed E-state index contributed by atoms with van der Waals surface area (Å²) in [5.74, 6) is 0.671. The molecule has 2 rings (SSSR count).